The molecule has 0 bridgehead atoms. The SMILES string of the molecule is O=C(c1ccccc1)c1ccc(C2COC(c3ccccc3)OC2)cc1. The molecule has 0 radical (unpaired) electrons. The van der Waals surface area contributed by atoms with Crippen LogP contribution in [0, 0.1) is 0 Å². The van der Waals surface area contributed by atoms with Gasteiger partial charge in [-0.1, -0.05) is 84.9 Å². The van der Waals surface area contributed by atoms with Crippen molar-refractivity contribution >= 4 is 5.78 Å². The van der Waals surface area contributed by atoms with Crippen LogP contribution in [0.4, 0.5) is 0 Å². The highest BCUT2D eigenvalue weighted by molar-refractivity contribution is 6.08. The van der Waals surface area contributed by atoms with Crippen molar-refractivity contribution in [3.8, 4) is 0 Å². The monoisotopic (exact) mass is 344 g/mol. The summed E-state index contributed by atoms with van der Waals surface area (Å²) in [5.74, 6) is 0.216. The van der Waals surface area contributed by atoms with Crippen molar-refractivity contribution in [3.05, 3.63) is 107 Å². The Balaban J connectivity index is 1.41. The lowest BCUT2D eigenvalue weighted by molar-refractivity contribution is -0.191. The molecular weight excluding hydrogens is 324 g/mol. The highest BCUT2D eigenvalue weighted by Crippen LogP contribution is 2.30. The summed E-state index contributed by atoms with van der Waals surface area (Å²) in [4.78, 5) is 12.5. The van der Waals surface area contributed by atoms with Gasteiger partial charge in [-0.2, -0.15) is 0 Å². The van der Waals surface area contributed by atoms with Gasteiger partial charge in [-0.25, -0.2) is 0 Å². The van der Waals surface area contributed by atoms with Gasteiger partial charge in [-0.05, 0) is 5.56 Å². The van der Waals surface area contributed by atoms with Crippen molar-refractivity contribution in [2.24, 2.45) is 0 Å². The Morgan fingerprint density at radius 2 is 1.19 bits per heavy atom. The van der Waals surface area contributed by atoms with Gasteiger partial charge in [0, 0.05) is 22.6 Å². The summed E-state index contributed by atoms with van der Waals surface area (Å²) >= 11 is 0. The first-order valence-electron chi connectivity index (χ1n) is 8.79. The Morgan fingerprint density at radius 1 is 0.654 bits per heavy atom. The Kier molecular flexibility index (Phi) is 4.91. The summed E-state index contributed by atoms with van der Waals surface area (Å²) in [5.41, 5.74) is 3.56. The smallest absolute Gasteiger partial charge is 0.193 e. The van der Waals surface area contributed by atoms with E-state index in [-0.39, 0.29) is 18.0 Å². The standard InChI is InChI=1S/C23H20O3/c24-22(18-7-3-1-4-8-18)19-13-11-17(12-14-19)21-15-25-23(26-16-21)20-9-5-2-6-10-20/h1-14,21,23H,15-16H2. The number of hydrogen-bond acceptors (Lipinski definition) is 3. The molecule has 0 aromatic heterocycles. The van der Waals surface area contributed by atoms with E-state index in [2.05, 4.69) is 0 Å². The summed E-state index contributed by atoms with van der Waals surface area (Å²) in [6, 6.07) is 27.1. The fraction of sp³-hybridized carbons (Fsp3) is 0.174. The van der Waals surface area contributed by atoms with Gasteiger partial charge in [0.1, 0.15) is 0 Å². The molecule has 1 aliphatic heterocycles. The predicted molar refractivity (Wildman–Crippen MR) is 100 cm³/mol. The van der Waals surface area contributed by atoms with Crippen LogP contribution in [0.25, 0.3) is 0 Å². The van der Waals surface area contributed by atoms with Crippen molar-refractivity contribution in [2.45, 2.75) is 12.2 Å². The minimum Gasteiger partial charge on any atom is -0.348 e. The molecule has 0 amide bonds. The average molecular weight is 344 g/mol. The molecule has 4 rings (SSSR count). The van der Waals surface area contributed by atoms with Gasteiger partial charge < -0.3 is 9.47 Å². The topological polar surface area (TPSA) is 35.5 Å². The van der Waals surface area contributed by atoms with Crippen LogP contribution in [-0.2, 0) is 9.47 Å². The lowest BCUT2D eigenvalue weighted by Gasteiger charge is -2.30. The number of carbonyl (C=O) groups is 1. The Hall–Kier alpha value is -2.75. The van der Waals surface area contributed by atoms with Gasteiger partial charge >= 0.3 is 0 Å². The van der Waals surface area contributed by atoms with E-state index in [0.29, 0.717) is 24.3 Å². The lowest BCUT2D eigenvalue weighted by Crippen LogP contribution is -2.25. The highest BCUT2D eigenvalue weighted by Gasteiger charge is 2.24. The molecule has 0 atom stereocenters. The second kappa shape index (κ2) is 7.65. The molecule has 0 saturated carbocycles. The normalized spacial score (nSPS) is 19.8. The average Bonchev–Trinajstić information content (AvgIpc) is 2.75. The molecule has 1 fully saturated rings. The van der Waals surface area contributed by atoms with Crippen LogP contribution < -0.4 is 0 Å². The largest absolute Gasteiger partial charge is 0.348 e. The van der Waals surface area contributed by atoms with E-state index < -0.39 is 0 Å². The maximum atomic E-state index is 12.5. The van der Waals surface area contributed by atoms with E-state index in [4.69, 9.17) is 9.47 Å². The first kappa shape index (κ1) is 16.7. The fourth-order valence-corrected chi connectivity index (χ4v) is 3.16. The number of ether oxygens (including phenoxy) is 2. The summed E-state index contributed by atoms with van der Waals surface area (Å²) in [6.07, 6.45) is -0.300. The van der Waals surface area contributed by atoms with Crippen LogP contribution in [-0.4, -0.2) is 19.0 Å². The maximum Gasteiger partial charge on any atom is 0.193 e. The predicted octanol–water partition coefficient (Wildman–Crippen LogP) is 4.75. The van der Waals surface area contributed by atoms with Gasteiger partial charge in [-0.15, -0.1) is 0 Å². The Morgan fingerprint density at radius 3 is 1.81 bits per heavy atom. The molecule has 1 heterocycles. The maximum absolute atomic E-state index is 12.5. The van der Waals surface area contributed by atoms with Gasteiger partial charge in [-0.3, -0.25) is 4.79 Å². The fourth-order valence-electron chi connectivity index (χ4n) is 3.16. The number of benzene rings is 3. The van der Waals surface area contributed by atoms with E-state index in [0.717, 1.165) is 11.1 Å². The Bertz CT molecular complexity index is 849. The van der Waals surface area contributed by atoms with Gasteiger partial charge in [0.25, 0.3) is 0 Å². The quantitative estimate of drug-likeness (QED) is 0.641. The summed E-state index contributed by atoms with van der Waals surface area (Å²) in [6.45, 7) is 1.21. The zero-order chi connectivity index (χ0) is 17.8. The van der Waals surface area contributed by atoms with Crippen molar-refractivity contribution in [1.82, 2.24) is 0 Å². The third-order valence-corrected chi connectivity index (χ3v) is 4.65. The molecule has 130 valence electrons. The number of hydrogen-bond donors (Lipinski definition) is 0. The van der Waals surface area contributed by atoms with E-state index in [9.17, 15) is 4.79 Å². The summed E-state index contributed by atoms with van der Waals surface area (Å²) in [5, 5.41) is 0. The molecular formula is C23H20O3. The van der Waals surface area contributed by atoms with E-state index in [1.54, 1.807) is 0 Å². The first-order valence-corrected chi connectivity index (χ1v) is 8.79. The second-order valence-corrected chi connectivity index (χ2v) is 6.42. The molecule has 3 nitrogen and oxygen atoms in total. The highest BCUT2D eigenvalue weighted by atomic mass is 16.7. The first-order chi connectivity index (χ1) is 12.8. The van der Waals surface area contributed by atoms with Gasteiger partial charge in [0.2, 0.25) is 0 Å². The van der Waals surface area contributed by atoms with Crippen LogP contribution in [0.15, 0.2) is 84.9 Å². The number of ketones is 1. The lowest BCUT2D eigenvalue weighted by atomic mass is 9.96. The molecule has 0 aliphatic carbocycles. The van der Waals surface area contributed by atoms with Crippen LogP contribution in [0.2, 0.25) is 0 Å². The van der Waals surface area contributed by atoms with Crippen molar-refractivity contribution in [2.75, 3.05) is 13.2 Å². The molecule has 3 heteroatoms. The molecule has 0 spiro atoms. The molecule has 0 N–H and O–H groups in total. The van der Waals surface area contributed by atoms with Crippen LogP contribution in [0.1, 0.15) is 39.3 Å². The second-order valence-electron chi connectivity index (χ2n) is 6.42. The van der Waals surface area contributed by atoms with Crippen LogP contribution >= 0.6 is 0 Å². The molecule has 0 unspecified atom stereocenters. The number of rotatable bonds is 4. The van der Waals surface area contributed by atoms with E-state index in [1.165, 1.54) is 0 Å². The molecule has 3 aromatic carbocycles. The molecule has 1 aliphatic rings. The van der Waals surface area contributed by atoms with Gasteiger partial charge in [0.05, 0.1) is 13.2 Å². The zero-order valence-electron chi connectivity index (χ0n) is 14.4. The number of carbonyl (C=O) groups excluding carboxylic acids is 1. The minimum absolute atomic E-state index is 0.0393. The third-order valence-electron chi connectivity index (χ3n) is 4.65. The molecule has 1 saturated heterocycles. The summed E-state index contributed by atoms with van der Waals surface area (Å²) < 4.78 is 11.8. The zero-order valence-corrected chi connectivity index (χ0v) is 14.4. The summed E-state index contributed by atoms with van der Waals surface area (Å²) in [7, 11) is 0. The van der Waals surface area contributed by atoms with Gasteiger partial charge in [0.15, 0.2) is 12.1 Å². The van der Waals surface area contributed by atoms with Crippen molar-refractivity contribution in [3.63, 3.8) is 0 Å². The van der Waals surface area contributed by atoms with E-state index in [1.807, 2.05) is 84.9 Å². The van der Waals surface area contributed by atoms with Crippen molar-refractivity contribution in [1.29, 1.82) is 0 Å². The van der Waals surface area contributed by atoms with Crippen LogP contribution in [0.5, 0.6) is 0 Å². The van der Waals surface area contributed by atoms with Crippen molar-refractivity contribution < 1.29 is 14.3 Å². The van der Waals surface area contributed by atoms with E-state index >= 15 is 0 Å². The Labute approximate surface area is 153 Å². The molecule has 3 aromatic rings. The van der Waals surface area contributed by atoms with Crippen LogP contribution in [0.3, 0.4) is 0 Å². The molecule has 26 heavy (non-hydrogen) atoms. The third kappa shape index (κ3) is 3.59. The minimum atomic E-state index is -0.300.